The van der Waals surface area contributed by atoms with E-state index in [0.29, 0.717) is 22.5 Å². The maximum absolute atomic E-state index is 13.5. The summed E-state index contributed by atoms with van der Waals surface area (Å²) in [5.41, 5.74) is 3.86. The van der Waals surface area contributed by atoms with Crippen LogP contribution in [0.25, 0.3) is 33.7 Å². The van der Waals surface area contributed by atoms with E-state index in [1.54, 1.807) is 30.8 Å². The summed E-state index contributed by atoms with van der Waals surface area (Å²) in [5.74, 6) is 0.559. The summed E-state index contributed by atoms with van der Waals surface area (Å²) in [6.45, 7) is 1.57. The van der Waals surface area contributed by atoms with Crippen LogP contribution in [0.1, 0.15) is 31.2 Å². The van der Waals surface area contributed by atoms with Gasteiger partial charge >= 0.3 is 6.29 Å². The van der Waals surface area contributed by atoms with Crippen molar-refractivity contribution >= 4 is 20.9 Å². The van der Waals surface area contributed by atoms with Gasteiger partial charge in [-0.25, -0.2) is 13.4 Å². The SMILES string of the molecule is CCS(=O)(=O)c1cc(-c2ccc(C3CC3)cc2)cnc1-c1nc2cc3c(cc2n1C)OC(F)(F)O3. The van der Waals surface area contributed by atoms with Crippen molar-refractivity contribution < 1.29 is 26.7 Å². The highest BCUT2D eigenvalue weighted by Gasteiger charge is 2.44. The summed E-state index contributed by atoms with van der Waals surface area (Å²) >= 11 is 0. The number of imidazole rings is 1. The van der Waals surface area contributed by atoms with E-state index in [1.807, 2.05) is 12.1 Å². The van der Waals surface area contributed by atoms with Gasteiger partial charge < -0.3 is 14.0 Å². The van der Waals surface area contributed by atoms with Gasteiger partial charge in [-0.3, -0.25) is 4.98 Å². The van der Waals surface area contributed by atoms with Gasteiger partial charge in [0, 0.05) is 30.9 Å². The lowest BCUT2D eigenvalue weighted by molar-refractivity contribution is -0.286. The molecule has 0 radical (unpaired) electrons. The lowest BCUT2D eigenvalue weighted by Crippen LogP contribution is -2.25. The second kappa shape index (κ2) is 7.48. The maximum atomic E-state index is 13.5. The largest absolute Gasteiger partial charge is 0.586 e. The third kappa shape index (κ3) is 3.72. The van der Waals surface area contributed by atoms with Gasteiger partial charge in [0.2, 0.25) is 0 Å². The first-order valence-electron chi connectivity index (χ1n) is 11.2. The van der Waals surface area contributed by atoms with E-state index in [0.717, 1.165) is 5.56 Å². The van der Waals surface area contributed by atoms with Crippen LogP contribution in [0.3, 0.4) is 0 Å². The molecule has 2 aromatic carbocycles. The Balaban J connectivity index is 1.47. The molecule has 0 amide bonds. The Bertz CT molecular complexity index is 1590. The van der Waals surface area contributed by atoms with E-state index < -0.39 is 16.1 Å². The molecule has 2 aromatic heterocycles. The van der Waals surface area contributed by atoms with E-state index in [9.17, 15) is 17.2 Å². The molecule has 1 fully saturated rings. The molecule has 6 rings (SSSR count). The van der Waals surface area contributed by atoms with Crippen molar-refractivity contribution in [3.63, 3.8) is 0 Å². The minimum atomic E-state index is -3.74. The van der Waals surface area contributed by atoms with Gasteiger partial charge in [0.25, 0.3) is 0 Å². The highest BCUT2D eigenvalue weighted by Crippen LogP contribution is 2.44. The van der Waals surface area contributed by atoms with Crippen molar-refractivity contribution in [3.8, 4) is 34.1 Å². The molecule has 0 atom stereocenters. The number of hydrogen-bond acceptors (Lipinski definition) is 6. The van der Waals surface area contributed by atoms with E-state index in [-0.39, 0.29) is 33.7 Å². The molecule has 180 valence electrons. The number of rotatable bonds is 5. The number of hydrogen-bond donors (Lipinski definition) is 0. The van der Waals surface area contributed by atoms with Crippen LogP contribution in [-0.2, 0) is 16.9 Å². The summed E-state index contributed by atoms with van der Waals surface area (Å²) < 4.78 is 63.8. The lowest BCUT2D eigenvalue weighted by Gasteiger charge is -2.12. The van der Waals surface area contributed by atoms with Gasteiger partial charge in [-0.1, -0.05) is 31.2 Å². The Morgan fingerprint density at radius 1 is 1.06 bits per heavy atom. The summed E-state index contributed by atoms with van der Waals surface area (Å²) in [7, 11) is -2.00. The third-order valence-corrected chi connectivity index (χ3v) is 8.22. The number of alkyl halides is 2. The summed E-state index contributed by atoms with van der Waals surface area (Å²) in [4.78, 5) is 9.10. The first-order valence-corrected chi connectivity index (χ1v) is 12.9. The number of ether oxygens (including phenoxy) is 2. The first kappa shape index (κ1) is 22.0. The Labute approximate surface area is 200 Å². The van der Waals surface area contributed by atoms with Gasteiger partial charge in [0.1, 0.15) is 5.69 Å². The molecular weight excluding hydrogens is 476 g/mol. The molecule has 7 nitrogen and oxygen atoms in total. The van der Waals surface area contributed by atoms with Crippen molar-refractivity contribution in [2.24, 2.45) is 7.05 Å². The Morgan fingerprint density at radius 2 is 1.74 bits per heavy atom. The summed E-state index contributed by atoms with van der Waals surface area (Å²) in [6, 6.07) is 12.5. The van der Waals surface area contributed by atoms with Crippen molar-refractivity contribution in [1.82, 2.24) is 14.5 Å². The average Bonchev–Trinajstić information content (AvgIpc) is 3.57. The summed E-state index contributed by atoms with van der Waals surface area (Å²) in [5, 5.41) is 0. The van der Waals surface area contributed by atoms with E-state index >= 15 is 0 Å². The normalized spacial score (nSPS) is 16.7. The average molecular weight is 498 g/mol. The highest BCUT2D eigenvalue weighted by atomic mass is 32.2. The van der Waals surface area contributed by atoms with Crippen LogP contribution in [0.15, 0.2) is 53.6 Å². The highest BCUT2D eigenvalue weighted by molar-refractivity contribution is 7.91. The second-order valence-electron chi connectivity index (χ2n) is 8.82. The predicted molar refractivity (Wildman–Crippen MR) is 125 cm³/mol. The fourth-order valence-electron chi connectivity index (χ4n) is 4.38. The predicted octanol–water partition coefficient (Wildman–Crippen LogP) is 5.29. The number of aromatic nitrogens is 3. The van der Waals surface area contributed by atoms with Crippen LogP contribution < -0.4 is 9.47 Å². The third-order valence-electron chi connectivity index (χ3n) is 6.48. The van der Waals surface area contributed by atoms with E-state index in [1.165, 1.54) is 30.5 Å². The minimum absolute atomic E-state index is 0.0637. The van der Waals surface area contributed by atoms with Crippen molar-refractivity contribution in [3.05, 3.63) is 54.2 Å². The van der Waals surface area contributed by atoms with Crippen LogP contribution in [0.4, 0.5) is 8.78 Å². The lowest BCUT2D eigenvalue weighted by atomic mass is 10.0. The molecular formula is C25H21F2N3O4S. The topological polar surface area (TPSA) is 83.3 Å². The standard InChI is InChI=1S/C25H21F2N3O4S/c1-3-35(31,32)22-10-17(16-8-6-15(7-9-16)14-4-5-14)13-28-23(22)24-29-18-11-20-21(12-19(18)30(24)2)34-25(26,27)33-20/h6-14H,3-5H2,1-2H3. The zero-order chi connectivity index (χ0) is 24.5. The van der Waals surface area contributed by atoms with Gasteiger partial charge in [0.05, 0.1) is 21.7 Å². The molecule has 4 aromatic rings. The van der Waals surface area contributed by atoms with Crippen LogP contribution in [-0.4, -0.2) is 35.0 Å². The molecule has 0 spiro atoms. The summed E-state index contributed by atoms with van der Waals surface area (Å²) in [6.07, 6.45) is 0.299. The van der Waals surface area contributed by atoms with Crippen LogP contribution in [0.2, 0.25) is 0 Å². The molecule has 3 heterocycles. The number of aryl methyl sites for hydroxylation is 1. The van der Waals surface area contributed by atoms with Crippen molar-refractivity contribution in [2.45, 2.75) is 36.9 Å². The van der Waals surface area contributed by atoms with Gasteiger partial charge in [-0.2, -0.15) is 0 Å². The van der Waals surface area contributed by atoms with Crippen molar-refractivity contribution in [1.29, 1.82) is 0 Å². The molecule has 35 heavy (non-hydrogen) atoms. The number of pyridine rings is 1. The molecule has 1 aliphatic carbocycles. The maximum Gasteiger partial charge on any atom is 0.586 e. The van der Waals surface area contributed by atoms with E-state index in [4.69, 9.17) is 0 Å². The number of halogens is 2. The Morgan fingerprint density at radius 3 is 2.40 bits per heavy atom. The molecule has 0 N–H and O–H groups in total. The number of nitrogens with zero attached hydrogens (tertiary/aromatic N) is 3. The van der Waals surface area contributed by atoms with Gasteiger partial charge in [0.15, 0.2) is 27.2 Å². The molecule has 10 heteroatoms. The van der Waals surface area contributed by atoms with E-state index in [2.05, 4.69) is 31.6 Å². The number of benzene rings is 2. The van der Waals surface area contributed by atoms with Crippen LogP contribution in [0.5, 0.6) is 11.5 Å². The Hall–Kier alpha value is -3.53. The van der Waals surface area contributed by atoms with Crippen LogP contribution >= 0.6 is 0 Å². The van der Waals surface area contributed by atoms with Gasteiger partial charge in [-0.05, 0) is 36.0 Å². The Kier molecular flexibility index (Phi) is 4.70. The number of sulfone groups is 1. The zero-order valence-corrected chi connectivity index (χ0v) is 19.8. The molecule has 1 aliphatic heterocycles. The number of fused-ring (bicyclic) bond motifs is 2. The zero-order valence-electron chi connectivity index (χ0n) is 19.0. The second-order valence-corrected chi connectivity index (χ2v) is 11.1. The molecule has 0 bridgehead atoms. The minimum Gasteiger partial charge on any atom is -0.395 e. The molecule has 0 saturated heterocycles. The van der Waals surface area contributed by atoms with Crippen molar-refractivity contribution in [2.75, 3.05) is 5.75 Å². The molecule has 2 aliphatic rings. The smallest absolute Gasteiger partial charge is 0.395 e. The first-order chi connectivity index (χ1) is 16.6. The monoisotopic (exact) mass is 497 g/mol. The van der Waals surface area contributed by atoms with Crippen LogP contribution in [0, 0.1) is 0 Å². The fourth-order valence-corrected chi connectivity index (χ4v) is 5.43. The fraction of sp³-hybridized carbons (Fsp3) is 0.280. The van der Waals surface area contributed by atoms with Gasteiger partial charge in [-0.15, -0.1) is 8.78 Å². The quantitative estimate of drug-likeness (QED) is 0.372. The molecule has 1 saturated carbocycles. The molecule has 0 unspecified atom stereocenters.